The van der Waals surface area contributed by atoms with Crippen molar-refractivity contribution in [2.75, 3.05) is 0 Å². The molecule has 0 radical (unpaired) electrons. The number of nitrogens with zero attached hydrogens (tertiary/aromatic N) is 2. The summed E-state index contributed by atoms with van der Waals surface area (Å²) in [5.41, 5.74) is 6.81. The maximum Gasteiger partial charge on any atom is 0.206 e. The zero-order valence-corrected chi connectivity index (χ0v) is 9.10. The van der Waals surface area contributed by atoms with Crippen molar-refractivity contribution in [1.82, 2.24) is 16.1 Å². The van der Waals surface area contributed by atoms with E-state index in [0.29, 0.717) is 18.8 Å². The number of Topliss-reactive ketones (excluding diaryl/α,β-unsaturated/α-hetero) is 1. The smallest absolute Gasteiger partial charge is 0.206 e. The molecule has 0 atom stereocenters. The van der Waals surface area contributed by atoms with Gasteiger partial charge in [-0.3, -0.25) is 10.2 Å². The molecule has 1 heterocycles. The lowest BCUT2D eigenvalue weighted by Crippen LogP contribution is -2.42. The molecule has 0 spiro atoms. The normalized spacial score (nSPS) is 15.2. The minimum absolute atomic E-state index is 0.00283. The Labute approximate surface area is 94.1 Å². The lowest BCUT2D eigenvalue weighted by Gasteiger charge is -2.15. The van der Waals surface area contributed by atoms with E-state index in [1.807, 2.05) is 37.3 Å². The molecule has 0 saturated carbocycles. The number of benzene rings is 1. The van der Waals surface area contributed by atoms with Gasteiger partial charge in [-0.2, -0.15) is 0 Å². The summed E-state index contributed by atoms with van der Waals surface area (Å²) in [7, 11) is 0. The number of hydrazine groups is 2. The first kappa shape index (κ1) is 10.6. The highest BCUT2D eigenvalue weighted by Crippen LogP contribution is 2.03. The molecule has 5 nitrogen and oxygen atoms in total. The molecule has 16 heavy (non-hydrogen) atoms. The van der Waals surface area contributed by atoms with Gasteiger partial charge in [-0.25, -0.2) is 5.53 Å². The van der Waals surface area contributed by atoms with Crippen LogP contribution in [-0.2, 0) is 11.3 Å². The maximum absolute atomic E-state index is 11.4. The third kappa shape index (κ3) is 2.38. The second-order valence-corrected chi connectivity index (χ2v) is 3.52. The largest absolute Gasteiger partial charge is 0.291 e. The van der Waals surface area contributed by atoms with Crippen molar-refractivity contribution < 1.29 is 4.79 Å². The van der Waals surface area contributed by atoms with E-state index in [4.69, 9.17) is 0 Å². The molecule has 84 valence electrons. The fourth-order valence-corrected chi connectivity index (χ4v) is 1.42. The number of rotatable bonds is 4. The predicted molar refractivity (Wildman–Crippen MR) is 61.0 cm³/mol. The molecule has 0 amide bonds. The second kappa shape index (κ2) is 4.76. The van der Waals surface area contributed by atoms with Gasteiger partial charge in [0.25, 0.3) is 0 Å². The summed E-state index contributed by atoms with van der Waals surface area (Å²) in [6, 6.07) is 9.96. The Bertz CT molecular complexity index is 402. The van der Waals surface area contributed by atoms with Crippen LogP contribution in [0, 0.1) is 0 Å². The van der Waals surface area contributed by atoms with Gasteiger partial charge in [0.15, 0.2) is 0 Å². The first-order chi connectivity index (χ1) is 7.79. The van der Waals surface area contributed by atoms with E-state index in [1.165, 1.54) is 0 Å². The molecule has 0 fully saturated rings. The number of carbonyl (C=O) groups is 1. The lowest BCUT2D eigenvalue weighted by molar-refractivity contribution is -0.113. The molecular weight excluding hydrogens is 204 g/mol. The van der Waals surface area contributed by atoms with E-state index >= 15 is 0 Å². The Hall–Kier alpha value is -1.88. The quantitative estimate of drug-likeness (QED) is 0.785. The van der Waals surface area contributed by atoms with Crippen LogP contribution in [0.4, 0.5) is 0 Å². The van der Waals surface area contributed by atoms with Crippen LogP contribution in [0.25, 0.3) is 0 Å². The van der Waals surface area contributed by atoms with Crippen molar-refractivity contribution in [3.05, 3.63) is 35.9 Å². The van der Waals surface area contributed by atoms with Crippen LogP contribution in [0.5, 0.6) is 0 Å². The van der Waals surface area contributed by atoms with Crippen molar-refractivity contribution in [3.8, 4) is 0 Å². The minimum atomic E-state index is 0.00283. The topological polar surface area (TPSA) is 56.7 Å². The molecule has 5 heteroatoms. The molecule has 1 aliphatic rings. The van der Waals surface area contributed by atoms with Crippen molar-refractivity contribution in [1.29, 1.82) is 0 Å². The fourth-order valence-electron chi connectivity index (χ4n) is 1.42. The molecule has 1 aromatic rings. The van der Waals surface area contributed by atoms with Crippen LogP contribution < -0.4 is 11.0 Å². The monoisotopic (exact) mass is 218 g/mol. The standard InChI is InChI=1S/C11H14N4O/c1-2-10(16)11-12-14-15(13-11)8-9-6-4-3-5-7-9/h3-7,14H,2,8H2,1H3,(H,12,13). The van der Waals surface area contributed by atoms with Crippen molar-refractivity contribution >= 4 is 11.6 Å². The highest BCUT2D eigenvalue weighted by atomic mass is 16.1. The van der Waals surface area contributed by atoms with Gasteiger partial charge in [0.2, 0.25) is 11.6 Å². The first-order valence-corrected chi connectivity index (χ1v) is 5.24. The second-order valence-electron chi connectivity index (χ2n) is 3.52. The van der Waals surface area contributed by atoms with E-state index in [0.717, 1.165) is 5.56 Å². The Morgan fingerprint density at radius 2 is 2.12 bits per heavy atom. The highest BCUT2D eigenvalue weighted by Gasteiger charge is 2.19. The van der Waals surface area contributed by atoms with Gasteiger partial charge in [-0.05, 0) is 5.56 Å². The average molecular weight is 218 g/mol. The van der Waals surface area contributed by atoms with Gasteiger partial charge < -0.3 is 0 Å². The van der Waals surface area contributed by atoms with Gasteiger partial charge in [-0.1, -0.05) is 37.3 Å². The van der Waals surface area contributed by atoms with E-state index in [-0.39, 0.29) is 5.78 Å². The molecule has 2 N–H and O–H groups in total. The number of hydrogen-bond donors (Lipinski definition) is 2. The van der Waals surface area contributed by atoms with E-state index < -0.39 is 0 Å². The summed E-state index contributed by atoms with van der Waals surface area (Å²) in [6.07, 6.45) is 0.451. The van der Waals surface area contributed by atoms with Crippen LogP contribution in [0.15, 0.2) is 35.4 Å². The third-order valence-corrected chi connectivity index (χ3v) is 2.29. The highest BCUT2D eigenvalue weighted by molar-refractivity contribution is 6.38. The number of nitrogens with one attached hydrogen (secondary N) is 2. The number of hydrazone groups is 1. The molecule has 1 aliphatic heterocycles. The minimum Gasteiger partial charge on any atom is -0.291 e. The van der Waals surface area contributed by atoms with E-state index in [1.54, 1.807) is 5.12 Å². The molecule has 0 aliphatic carbocycles. The molecular formula is C11H14N4O. The summed E-state index contributed by atoms with van der Waals surface area (Å²) in [5, 5.41) is 5.59. The number of hydrogen-bond acceptors (Lipinski definition) is 5. The maximum atomic E-state index is 11.4. The average Bonchev–Trinajstić information content (AvgIpc) is 2.78. The van der Waals surface area contributed by atoms with E-state index in [2.05, 4.69) is 16.1 Å². The zero-order valence-electron chi connectivity index (χ0n) is 9.10. The Kier molecular flexibility index (Phi) is 3.16. The molecule has 0 saturated heterocycles. The SMILES string of the molecule is CCC(=O)C1=NNN(Cc2ccccc2)N1. The Morgan fingerprint density at radius 1 is 1.38 bits per heavy atom. The summed E-state index contributed by atoms with van der Waals surface area (Å²) in [5.74, 6) is 0.376. The predicted octanol–water partition coefficient (Wildman–Crippen LogP) is 0.804. The molecule has 1 aromatic carbocycles. The van der Waals surface area contributed by atoms with Crippen molar-refractivity contribution in [2.24, 2.45) is 5.10 Å². The third-order valence-electron chi connectivity index (χ3n) is 2.29. The summed E-state index contributed by atoms with van der Waals surface area (Å²) in [4.78, 5) is 11.4. The van der Waals surface area contributed by atoms with Crippen LogP contribution >= 0.6 is 0 Å². The van der Waals surface area contributed by atoms with Crippen LogP contribution in [-0.4, -0.2) is 16.7 Å². The van der Waals surface area contributed by atoms with Gasteiger partial charge in [0.1, 0.15) is 0 Å². The van der Waals surface area contributed by atoms with Crippen LogP contribution in [0.2, 0.25) is 0 Å². The van der Waals surface area contributed by atoms with Crippen LogP contribution in [0.3, 0.4) is 0 Å². The first-order valence-electron chi connectivity index (χ1n) is 5.24. The lowest BCUT2D eigenvalue weighted by atomic mass is 10.2. The van der Waals surface area contributed by atoms with Gasteiger partial charge in [0, 0.05) is 6.42 Å². The number of amidine groups is 1. The number of carbonyl (C=O) groups excluding carboxylic acids is 1. The van der Waals surface area contributed by atoms with Crippen molar-refractivity contribution in [2.45, 2.75) is 19.9 Å². The molecule has 0 bridgehead atoms. The van der Waals surface area contributed by atoms with Gasteiger partial charge >= 0.3 is 0 Å². The summed E-state index contributed by atoms with van der Waals surface area (Å²) < 4.78 is 0. The van der Waals surface area contributed by atoms with E-state index in [9.17, 15) is 4.79 Å². The summed E-state index contributed by atoms with van der Waals surface area (Å²) in [6.45, 7) is 2.46. The molecule has 0 unspecified atom stereocenters. The van der Waals surface area contributed by atoms with Crippen molar-refractivity contribution in [3.63, 3.8) is 0 Å². The van der Waals surface area contributed by atoms with Gasteiger partial charge in [-0.15, -0.1) is 10.2 Å². The molecule has 2 rings (SSSR count). The van der Waals surface area contributed by atoms with Crippen LogP contribution in [0.1, 0.15) is 18.9 Å². The fraction of sp³-hybridized carbons (Fsp3) is 0.273. The summed E-state index contributed by atoms with van der Waals surface area (Å²) >= 11 is 0. The Balaban J connectivity index is 1.90. The Morgan fingerprint density at radius 3 is 2.81 bits per heavy atom. The van der Waals surface area contributed by atoms with Gasteiger partial charge in [0.05, 0.1) is 6.54 Å². The zero-order chi connectivity index (χ0) is 11.4. The molecule has 0 aromatic heterocycles. The number of ketones is 1.